The van der Waals surface area contributed by atoms with Gasteiger partial charge in [-0.25, -0.2) is 0 Å². The third kappa shape index (κ3) is 5.03. The average Bonchev–Trinajstić information content (AvgIpc) is 3.62. The van der Waals surface area contributed by atoms with E-state index in [1.807, 2.05) is 5.38 Å². The van der Waals surface area contributed by atoms with E-state index in [4.69, 9.17) is 25.5 Å². The van der Waals surface area contributed by atoms with Gasteiger partial charge in [0.2, 0.25) is 5.78 Å². The first-order chi connectivity index (χ1) is 18.7. The van der Waals surface area contributed by atoms with Gasteiger partial charge in [-0.1, -0.05) is 29.8 Å². The molecule has 0 radical (unpaired) electrons. The highest BCUT2D eigenvalue weighted by molar-refractivity contribution is 7.10. The Balaban J connectivity index is 1.51. The maximum atomic E-state index is 13.8. The third-order valence-corrected chi connectivity index (χ3v) is 7.33. The molecule has 0 spiro atoms. The first kappa shape index (κ1) is 26.5. The third-order valence-electron chi connectivity index (χ3n) is 6.19. The van der Waals surface area contributed by atoms with Crippen LogP contribution in [-0.4, -0.2) is 36.0 Å². The van der Waals surface area contributed by atoms with Gasteiger partial charge in [-0.3, -0.25) is 19.3 Å². The number of aliphatic hydroxyl groups is 1. The zero-order valence-corrected chi connectivity index (χ0v) is 22.8. The number of carbonyl (C=O) groups is 3. The fourth-order valence-electron chi connectivity index (χ4n) is 4.55. The second-order valence-electron chi connectivity index (χ2n) is 9.20. The maximum Gasteiger partial charge on any atom is 0.310 e. The number of aliphatic hydroxyl groups excluding tert-OH is 1. The van der Waals surface area contributed by atoms with Crippen LogP contribution < -0.4 is 9.64 Å². The standard InChI is InChI=1S/C29H24ClNO7S/c1-15(2)37-23(32)11-16-6-8-19(9-7-16)31-25(22-5-4-10-39-22)24(27(34)29(31)35)26(33)20-13-17-12-18(30)14-21(36-3)28(17)38-20/h4-10,12-15,25,34H,11H2,1-3H3. The number of benzene rings is 2. The number of fused-ring (bicyclic) bond motifs is 1. The molecule has 0 fully saturated rings. The lowest BCUT2D eigenvalue weighted by atomic mass is 9.99. The highest BCUT2D eigenvalue weighted by Gasteiger charge is 2.46. The Bertz CT molecular complexity index is 1600. The van der Waals surface area contributed by atoms with E-state index in [1.165, 1.54) is 29.4 Å². The van der Waals surface area contributed by atoms with Gasteiger partial charge in [0.25, 0.3) is 5.91 Å². The molecule has 10 heteroatoms. The fraction of sp³-hybridized carbons (Fsp3) is 0.207. The number of halogens is 1. The second-order valence-corrected chi connectivity index (χ2v) is 10.6. The lowest BCUT2D eigenvalue weighted by Crippen LogP contribution is -2.30. The Hall–Kier alpha value is -4.08. The summed E-state index contributed by atoms with van der Waals surface area (Å²) in [5.41, 5.74) is 1.38. The molecule has 1 amide bonds. The average molecular weight is 566 g/mol. The highest BCUT2D eigenvalue weighted by Crippen LogP contribution is 2.44. The van der Waals surface area contributed by atoms with Crippen LogP contribution in [0.15, 0.2) is 75.7 Å². The summed E-state index contributed by atoms with van der Waals surface area (Å²) in [6, 6.07) is 14.2. The highest BCUT2D eigenvalue weighted by atomic mass is 35.5. The zero-order valence-electron chi connectivity index (χ0n) is 21.3. The van der Waals surface area contributed by atoms with Crippen LogP contribution in [0.5, 0.6) is 5.75 Å². The van der Waals surface area contributed by atoms with E-state index < -0.39 is 23.5 Å². The number of nitrogens with zero attached hydrogens (tertiary/aromatic N) is 1. The summed E-state index contributed by atoms with van der Waals surface area (Å²) in [5, 5.41) is 13.8. The molecular weight excluding hydrogens is 542 g/mol. The summed E-state index contributed by atoms with van der Waals surface area (Å²) in [7, 11) is 1.46. The minimum absolute atomic E-state index is 0.0673. The van der Waals surface area contributed by atoms with Crippen molar-refractivity contribution < 1.29 is 33.4 Å². The Labute approximate surface area is 233 Å². The van der Waals surface area contributed by atoms with E-state index in [2.05, 4.69) is 0 Å². The molecule has 0 saturated carbocycles. The molecule has 4 aromatic rings. The molecule has 39 heavy (non-hydrogen) atoms. The van der Waals surface area contributed by atoms with Crippen LogP contribution in [0.1, 0.15) is 40.9 Å². The number of ketones is 1. The van der Waals surface area contributed by atoms with E-state index >= 15 is 0 Å². The molecule has 0 aliphatic carbocycles. The summed E-state index contributed by atoms with van der Waals surface area (Å²) in [6.45, 7) is 3.56. The summed E-state index contributed by atoms with van der Waals surface area (Å²) >= 11 is 7.52. The zero-order chi connectivity index (χ0) is 27.8. The van der Waals surface area contributed by atoms with Crippen molar-refractivity contribution in [3.05, 3.63) is 92.5 Å². The van der Waals surface area contributed by atoms with E-state index in [1.54, 1.807) is 62.4 Å². The van der Waals surface area contributed by atoms with Gasteiger partial charge in [-0.15, -0.1) is 11.3 Å². The van der Waals surface area contributed by atoms with Crippen molar-refractivity contribution in [1.29, 1.82) is 0 Å². The number of furan rings is 1. The van der Waals surface area contributed by atoms with Crippen molar-refractivity contribution in [3.63, 3.8) is 0 Å². The Morgan fingerprint density at radius 1 is 1.15 bits per heavy atom. The predicted molar refractivity (Wildman–Crippen MR) is 148 cm³/mol. The minimum atomic E-state index is -0.888. The molecule has 8 nitrogen and oxygen atoms in total. The smallest absolute Gasteiger partial charge is 0.310 e. The quantitative estimate of drug-likeness (QED) is 0.194. The van der Waals surface area contributed by atoms with Gasteiger partial charge < -0.3 is 19.0 Å². The van der Waals surface area contributed by atoms with Crippen molar-refractivity contribution >= 4 is 57.3 Å². The van der Waals surface area contributed by atoms with Crippen LogP contribution in [-0.2, 0) is 20.7 Å². The van der Waals surface area contributed by atoms with Crippen LogP contribution in [0, 0.1) is 0 Å². The number of methoxy groups -OCH3 is 1. The number of rotatable bonds is 8. The van der Waals surface area contributed by atoms with Crippen molar-refractivity contribution in [1.82, 2.24) is 0 Å². The summed E-state index contributed by atoms with van der Waals surface area (Å²) in [6.07, 6.45) is -0.145. The second kappa shape index (κ2) is 10.6. The lowest BCUT2D eigenvalue weighted by Gasteiger charge is -2.25. The Morgan fingerprint density at radius 2 is 1.90 bits per heavy atom. The Morgan fingerprint density at radius 3 is 2.54 bits per heavy atom. The summed E-state index contributed by atoms with van der Waals surface area (Å²) < 4.78 is 16.4. The minimum Gasteiger partial charge on any atom is -0.503 e. The van der Waals surface area contributed by atoms with E-state index in [-0.39, 0.29) is 29.8 Å². The maximum absolute atomic E-state index is 13.8. The molecule has 1 aliphatic heterocycles. The number of anilines is 1. The van der Waals surface area contributed by atoms with Gasteiger partial charge in [0.1, 0.15) is 6.04 Å². The van der Waals surface area contributed by atoms with Crippen molar-refractivity contribution in [2.45, 2.75) is 32.4 Å². The van der Waals surface area contributed by atoms with Gasteiger partial charge >= 0.3 is 5.97 Å². The summed E-state index contributed by atoms with van der Waals surface area (Å²) in [5.74, 6) is -2.09. The van der Waals surface area contributed by atoms with E-state index in [9.17, 15) is 19.5 Å². The van der Waals surface area contributed by atoms with Crippen LogP contribution in [0.2, 0.25) is 5.02 Å². The molecule has 0 bridgehead atoms. The van der Waals surface area contributed by atoms with Crippen molar-refractivity contribution in [2.24, 2.45) is 0 Å². The number of esters is 1. The predicted octanol–water partition coefficient (Wildman–Crippen LogP) is 6.43. The van der Waals surface area contributed by atoms with Gasteiger partial charge in [-0.05, 0) is 55.1 Å². The molecule has 1 aliphatic rings. The normalized spacial score (nSPS) is 15.5. The monoisotopic (exact) mass is 565 g/mol. The molecule has 3 heterocycles. The SMILES string of the molecule is COc1cc(Cl)cc2cc(C(=O)C3=C(O)C(=O)N(c4ccc(CC(=O)OC(C)C)cc4)C3c3cccs3)oc12. The van der Waals surface area contributed by atoms with Gasteiger partial charge in [0, 0.05) is 27.0 Å². The van der Waals surface area contributed by atoms with E-state index in [0.29, 0.717) is 37.9 Å². The van der Waals surface area contributed by atoms with Crippen molar-refractivity contribution in [3.8, 4) is 5.75 Å². The molecule has 1 atom stereocenters. The molecule has 5 rings (SSSR count). The summed E-state index contributed by atoms with van der Waals surface area (Å²) in [4.78, 5) is 41.3. The van der Waals surface area contributed by atoms with Crippen LogP contribution >= 0.6 is 22.9 Å². The van der Waals surface area contributed by atoms with Gasteiger partial charge in [-0.2, -0.15) is 0 Å². The number of carbonyl (C=O) groups excluding carboxylic acids is 3. The number of Topliss-reactive ketones (excluding diaryl/α,β-unsaturated/α-hetero) is 1. The number of thiophene rings is 1. The molecule has 1 N–H and O–H groups in total. The van der Waals surface area contributed by atoms with Crippen LogP contribution in [0.25, 0.3) is 11.0 Å². The Kier molecular flexibility index (Phi) is 7.20. The number of amides is 1. The fourth-order valence-corrected chi connectivity index (χ4v) is 5.59. The topological polar surface area (TPSA) is 106 Å². The molecule has 0 saturated heterocycles. The van der Waals surface area contributed by atoms with Crippen molar-refractivity contribution in [2.75, 3.05) is 12.0 Å². The van der Waals surface area contributed by atoms with Crippen LogP contribution in [0.4, 0.5) is 5.69 Å². The van der Waals surface area contributed by atoms with Gasteiger partial charge in [0.15, 0.2) is 22.9 Å². The van der Waals surface area contributed by atoms with Crippen LogP contribution in [0.3, 0.4) is 0 Å². The molecule has 2 aromatic heterocycles. The first-order valence-corrected chi connectivity index (χ1v) is 13.3. The number of hydrogen-bond donors (Lipinski definition) is 1. The lowest BCUT2D eigenvalue weighted by molar-refractivity contribution is -0.146. The van der Waals surface area contributed by atoms with E-state index in [0.717, 1.165) is 0 Å². The molecule has 200 valence electrons. The van der Waals surface area contributed by atoms with Gasteiger partial charge in [0.05, 0.1) is 25.2 Å². The molecule has 2 aromatic carbocycles. The largest absolute Gasteiger partial charge is 0.503 e. The number of ether oxygens (including phenoxy) is 2. The first-order valence-electron chi connectivity index (χ1n) is 12.1. The molecule has 1 unspecified atom stereocenters. The molecular formula is C29H24ClNO7S. The number of hydrogen-bond acceptors (Lipinski definition) is 8.